The number of nitrogens with zero attached hydrogens (tertiary/aromatic N) is 1. The van der Waals surface area contributed by atoms with Gasteiger partial charge in [-0.3, -0.25) is 9.69 Å². The van der Waals surface area contributed by atoms with E-state index in [9.17, 15) is 19.5 Å². The molecule has 0 unspecified atom stereocenters. The quantitative estimate of drug-likeness (QED) is 0.447. The monoisotopic (exact) mass is 336 g/mol. The molecule has 1 aliphatic rings. The molecular formula is C14H10NO5S2-. The van der Waals surface area contributed by atoms with Gasteiger partial charge >= 0.3 is 5.97 Å². The molecule has 0 spiro atoms. The Kier molecular flexibility index (Phi) is 4.94. The molecule has 1 heterocycles. The van der Waals surface area contributed by atoms with Crippen molar-refractivity contribution in [1.82, 2.24) is 4.90 Å². The number of aliphatic carboxylic acids is 1. The molecule has 6 nitrogen and oxygen atoms in total. The molecule has 2 rings (SSSR count). The first-order valence-corrected chi connectivity index (χ1v) is 7.28. The number of thioether (sulfide) groups is 1. The summed E-state index contributed by atoms with van der Waals surface area (Å²) in [6, 6.07) is 6.44. The van der Waals surface area contributed by atoms with Crippen LogP contribution in [0.15, 0.2) is 29.2 Å². The summed E-state index contributed by atoms with van der Waals surface area (Å²) >= 11 is 5.99. The Bertz CT molecular complexity index is 681. The van der Waals surface area contributed by atoms with Crippen LogP contribution in [0.4, 0.5) is 0 Å². The molecule has 1 aliphatic heterocycles. The number of rotatable bonds is 4. The first-order chi connectivity index (χ1) is 10.4. The second kappa shape index (κ2) is 6.71. The van der Waals surface area contributed by atoms with Crippen molar-refractivity contribution in [3.05, 3.63) is 40.3 Å². The minimum absolute atomic E-state index is 0.173. The van der Waals surface area contributed by atoms with E-state index in [0.29, 0.717) is 16.0 Å². The third-order valence-corrected chi connectivity index (χ3v) is 4.17. The highest BCUT2D eigenvalue weighted by Crippen LogP contribution is 2.32. The number of carboxylic acid groups (broad SMARTS) is 1. The van der Waals surface area contributed by atoms with E-state index >= 15 is 0 Å². The lowest BCUT2D eigenvalue weighted by Gasteiger charge is -2.14. The van der Waals surface area contributed by atoms with Gasteiger partial charge in [-0.1, -0.05) is 36.1 Å². The van der Waals surface area contributed by atoms with Crippen LogP contribution in [0.25, 0.3) is 6.08 Å². The molecule has 1 aromatic rings. The first kappa shape index (κ1) is 16.2. The standard InChI is InChI=1S/C14H11NO5S2/c1-20-13(19)9-4-2-8(3-5-9)6-10-12(18)15(7-11(16)17)14(21)22-10/h2-6H,7H2,1H3,(H,16,17)/p-1/b10-6+. The van der Waals surface area contributed by atoms with E-state index in [-0.39, 0.29) is 4.32 Å². The number of hydrogen-bond donors (Lipinski definition) is 0. The predicted octanol–water partition coefficient (Wildman–Crippen LogP) is 0.424. The van der Waals surface area contributed by atoms with E-state index in [1.165, 1.54) is 7.11 Å². The van der Waals surface area contributed by atoms with Crippen LogP contribution in [0.3, 0.4) is 0 Å². The van der Waals surface area contributed by atoms with Crippen molar-refractivity contribution in [2.45, 2.75) is 0 Å². The van der Waals surface area contributed by atoms with E-state index in [0.717, 1.165) is 16.7 Å². The highest BCUT2D eigenvalue weighted by Gasteiger charge is 2.31. The molecule has 0 saturated carbocycles. The van der Waals surface area contributed by atoms with Crippen molar-refractivity contribution in [2.24, 2.45) is 0 Å². The number of carboxylic acids is 1. The zero-order chi connectivity index (χ0) is 16.3. The Morgan fingerprint density at radius 3 is 2.55 bits per heavy atom. The van der Waals surface area contributed by atoms with Crippen LogP contribution >= 0.6 is 24.0 Å². The van der Waals surface area contributed by atoms with Gasteiger partial charge in [-0.2, -0.15) is 0 Å². The highest BCUT2D eigenvalue weighted by atomic mass is 32.2. The average molecular weight is 336 g/mol. The van der Waals surface area contributed by atoms with E-state index < -0.39 is 24.4 Å². The fourth-order valence-electron chi connectivity index (χ4n) is 1.75. The SMILES string of the molecule is COC(=O)c1ccc(/C=C2/SC(=S)N(CC(=O)[O-])C2=O)cc1. The summed E-state index contributed by atoms with van der Waals surface area (Å²) in [5.74, 6) is -2.30. The molecule has 0 radical (unpaired) electrons. The summed E-state index contributed by atoms with van der Waals surface area (Å²) in [6.45, 7) is -0.566. The minimum atomic E-state index is -1.38. The number of amides is 1. The zero-order valence-electron chi connectivity index (χ0n) is 11.4. The number of ether oxygens (including phenoxy) is 1. The molecule has 22 heavy (non-hydrogen) atoms. The topological polar surface area (TPSA) is 86.7 Å². The largest absolute Gasteiger partial charge is 0.548 e. The van der Waals surface area contributed by atoms with Gasteiger partial charge in [-0.15, -0.1) is 0 Å². The van der Waals surface area contributed by atoms with Crippen LogP contribution < -0.4 is 5.11 Å². The molecule has 0 aromatic heterocycles. The molecular weight excluding hydrogens is 326 g/mol. The third-order valence-electron chi connectivity index (χ3n) is 2.79. The van der Waals surface area contributed by atoms with Gasteiger partial charge in [-0.05, 0) is 23.8 Å². The third kappa shape index (κ3) is 3.52. The Hall–Kier alpha value is -2.19. The first-order valence-electron chi connectivity index (χ1n) is 6.06. The number of methoxy groups -OCH3 is 1. The van der Waals surface area contributed by atoms with E-state index in [1.807, 2.05) is 0 Å². The number of carbonyl (C=O) groups excluding carboxylic acids is 3. The zero-order valence-corrected chi connectivity index (χ0v) is 13.0. The second-order valence-electron chi connectivity index (χ2n) is 4.25. The van der Waals surface area contributed by atoms with Crippen molar-refractivity contribution in [1.29, 1.82) is 0 Å². The maximum absolute atomic E-state index is 12.1. The summed E-state index contributed by atoms with van der Waals surface area (Å²) in [6.07, 6.45) is 1.58. The van der Waals surface area contributed by atoms with Crippen LogP contribution in [-0.2, 0) is 14.3 Å². The number of benzene rings is 1. The van der Waals surface area contributed by atoms with Gasteiger partial charge < -0.3 is 14.6 Å². The Morgan fingerprint density at radius 2 is 2.00 bits per heavy atom. The smallest absolute Gasteiger partial charge is 0.337 e. The number of esters is 1. The maximum Gasteiger partial charge on any atom is 0.337 e. The average Bonchev–Trinajstić information content (AvgIpc) is 2.74. The predicted molar refractivity (Wildman–Crippen MR) is 82.7 cm³/mol. The van der Waals surface area contributed by atoms with Crippen molar-refractivity contribution < 1.29 is 24.2 Å². The summed E-state index contributed by atoms with van der Waals surface area (Å²) in [5.41, 5.74) is 1.07. The van der Waals surface area contributed by atoms with Crippen LogP contribution in [0.1, 0.15) is 15.9 Å². The fraction of sp³-hybridized carbons (Fsp3) is 0.143. The van der Waals surface area contributed by atoms with Crippen molar-refractivity contribution in [2.75, 3.05) is 13.7 Å². The lowest BCUT2D eigenvalue weighted by atomic mass is 10.1. The Balaban J connectivity index is 2.19. The molecule has 0 atom stereocenters. The highest BCUT2D eigenvalue weighted by molar-refractivity contribution is 8.26. The summed E-state index contributed by atoms with van der Waals surface area (Å²) < 4.78 is 4.77. The Morgan fingerprint density at radius 1 is 1.36 bits per heavy atom. The summed E-state index contributed by atoms with van der Waals surface area (Å²) in [4.78, 5) is 35.3. The minimum Gasteiger partial charge on any atom is -0.548 e. The van der Waals surface area contributed by atoms with Gasteiger partial charge in [0.2, 0.25) is 0 Å². The molecule has 0 N–H and O–H groups in total. The van der Waals surface area contributed by atoms with Gasteiger partial charge in [-0.25, -0.2) is 4.79 Å². The van der Waals surface area contributed by atoms with Crippen LogP contribution in [0.2, 0.25) is 0 Å². The van der Waals surface area contributed by atoms with Crippen LogP contribution in [-0.4, -0.2) is 40.7 Å². The Labute approximate surface area is 135 Å². The van der Waals surface area contributed by atoms with Crippen LogP contribution in [0.5, 0.6) is 0 Å². The molecule has 1 amide bonds. The fourth-order valence-corrected chi connectivity index (χ4v) is 3.01. The van der Waals surface area contributed by atoms with Crippen molar-refractivity contribution in [3.8, 4) is 0 Å². The molecule has 8 heteroatoms. The molecule has 1 aromatic carbocycles. The van der Waals surface area contributed by atoms with Crippen molar-refractivity contribution >= 4 is 52.2 Å². The van der Waals surface area contributed by atoms with E-state index in [1.54, 1.807) is 30.3 Å². The molecule has 0 bridgehead atoms. The molecule has 114 valence electrons. The van der Waals surface area contributed by atoms with Gasteiger partial charge in [0.25, 0.3) is 5.91 Å². The number of thiocarbonyl (C=S) groups is 1. The summed E-state index contributed by atoms with van der Waals surface area (Å²) in [5, 5.41) is 10.6. The normalized spacial score (nSPS) is 16.2. The number of carbonyl (C=O) groups is 3. The number of hydrogen-bond acceptors (Lipinski definition) is 7. The summed E-state index contributed by atoms with van der Waals surface area (Å²) in [7, 11) is 1.29. The van der Waals surface area contributed by atoms with Crippen molar-refractivity contribution in [3.63, 3.8) is 0 Å². The van der Waals surface area contributed by atoms with E-state index in [2.05, 4.69) is 4.74 Å². The second-order valence-corrected chi connectivity index (χ2v) is 5.93. The molecule has 1 fully saturated rings. The molecule has 0 aliphatic carbocycles. The lowest BCUT2D eigenvalue weighted by molar-refractivity contribution is -0.305. The van der Waals surface area contributed by atoms with Gasteiger partial charge in [0.15, 0.2) is 0 Å². The van der Waals surface area contributed by atoms with Gasteiger partial charge in [0.1, 0.15) is 4.32 Å². The lowest BCUT2D eigenvalue weighted by Crippen LogP contribution is -2.40. The van der Waals surface area contributed by atoms with Crippen LogP contribution in [0, 0.1) is 0 Å². The van der Waals surface area contributed by atoms with Gasteiger partial charge in [0, 0.05) is 0 Å². The maximum atomic E-state index is 12.1. The van der Waals surface area contributed by atoms with Gasteiger partial charge in [0.05, 0.1) is 30.1 Å². The molecule has 1 saturated heterocycles. The van der Waals surface area contributed by atoms with E-state index in [4.69, 9.17) is 12.2 Å².